The summed E-state index contributed by atoms with van der Waals surface area (Å²) in [7, 11) is 0. The second kappa shape index (κ2) is 5.44. The van der Waals surface area contributed by atoms with Gasteiger partial charge in [-0.25, -0.2) is 4.40 Å². The van der Waals surface area contributed by atoms with Crippen LogP contribution < -0.4 is 5.56 Å². The smallest absolute Gasteiger partial charge is 0.257 e. The van der Waals surface area contributed by atoms with Crippen molar-refractivity contribution < 1.29 is 0 Å². The molecule has 2 rings (SSSR count). The van der Waals surface area contributed by atoms with E-state index in [1.807, 2.05) is 32.0 Å². The van der Waals surface area contributed by atoms with E-state index in [4.69, 9.17) is 0 Å². The van der Waals surface area contributed by atoms with Crippen LogP contribution in [0.15, 0.2) is 33.5 Å². The van der Waals surface area contributed by atoms with Gasteiger partial charge in [-0.05, 0) is 70.2 Å². The summed E-state index contributed by atoms with van der Waals surface area (Å²) in [5.74, 6) is 0. The summed E-state index contributed by atoms with van der Waals surface area (Å²) in [5.41, 5.74) is 3.35. The lowest BCUT2D eigenvalue weighted by molar-refractivity contribution is 0.804. The highest BCUT2D eigenvalue weighted by Gasteiger charge is 2.12. The topological polar surface area (TPSA) is 45.2 Å². The predicted molar refractivity (Wildman–Crippen MR) is 88.9 cm³/mol. The van der Waals surface area contributed by atoms with Gasteiger partial charge in [-0.15, -0.1) is 0 Å². The lowest BCUT2D eigenvalue weighted by Gasteiger charge is -2.13. The van der Waals surface area contributed by atoms with Crippen LogP contribution in [0.3, 0.4) is 0 Å². The largest absolute Gasteiger partial charge is 0.321 e. The van der Waals surface area contributed by atoms with Gasteiger partial charge in [-0.2, -0.15) is 0 Å². The van der Waals surface area contributed by atoms with Crippen molar-refractivity contribution in [2.75, 3.05) is 0 Å². The Kier molecular flexibility index (Phi) is 4.04. The molecule has 0 amide bonds. The van der Waals surface area contributed by atoms with Crippen molar-refractivity contribution in [1.29, 1.82) is 0 Å². The van der Waals surface area contributed by atoms with Crippen LogP contribution in [-0.2, 0) is 0 Å². The molecule has 0 saturated heterocycles. The normalized spacial score (nSPS) is 12.9. The maximum absolute atomic E-state index is 12.1. The summed E-state index contributed by atoms with van der Waals surface area (Å²) < 4.78 is 4.51. The number of fused-ring (bicyclic) bond motifs is 1. The average Bonchev–Trinajstić information content (AvgIpc) is 2.35. The molecule has 1 aromatic heterocycles. The Bertz CT molecular complexity index is 723. The summed E-state index contributed by atoms with van der Waals surface area (Å²) in [5, 5.41) is 1.04. The maximum Gasteiger partial charge on any atom is 0.257 e. The molecule has 2 aromatic rings. The highest BCUT2D eigenvalue weighted by Crippen LogP contribution is 2.25. The summed E-state index contributed by atoms with van der Waals surface area (Å²) in [4.78, 5) is 15.1. The van der Waals surface area contributed by atoms with Crippen LogP contribution in [0.5, 0.6) is 0 Å². The molecule has 0 radical (unpaired) electrons. The Morgan fingerprint density at radius 3 is 2.60 bits per heavy atom. The number of aromatic nitrogens is 1. The van der Waals surface area contributed by atoms with Gasteiger partial charge in [-0.3, -0.25) is 4.79 Å². The van der Waals surface area contributed by atoms with Crippen molar-refractivity contribution in [3.63, 3.8) is 0 Å². The van der Waals surface area contributed by atoms with Gasteiger partial charge in [-0.1, -0.05) is 11.6 Å². The van der Waals surface area contributed by atoms with Crippen LogP contribution >= 0.6 is 11.9 Å². The van der Waals surface area contributed by atoms with Crippen molar-refractivity contribution in [3.8, 4) is 0 Å². The van der Waals surface area contributed by atoms with E-state index in [0.717, 1.165) is 16.6 Å². The van der Waals surface area contributed by atoms with Gasteiger partial charge in [0.2, 0.25) is 0 Å². The molecule has 1 heterocycles. The molecule has 4 heteroatoms. The zero-order chi connectivity index (χ0) is 14.9. The Labute approximate surface area is 123 Å². The second-order valence-corrected chi connectivity index (χ2v) is 7.57. The first-order valence-electron chi connectivity index (χ1n) is 6.63. The summed E-state index contributed by atoms with van der Waals surface area (Å²) in [6.45, 7) is 10.2. The predicted octanol–water partition coefficient (Wildman–Crippen LogP) is 4.09. The van der Waals surface area contributed by atoms with E-state index in [2.05, 4.69) is 36.2 Å². The Morgan fingerprint density at radius 2 is 1.95 bits per heavy atom. The first kappa shape index (κ1) is 14.9. The van der Waals surface area contributed by atoms with Gasteiger partial charge in [0.25, 0.3) is 5.56 Å². The van der Waals surface area contributed by atoms with Crippen molar-refractivity contribution >= 4 is 28.6 Å². The second-order valence-electron chi connectivity index (χ2n) is 5.98. The summed E-state index contributed by atoms with van der Waals surface area (Å²) in [6.07, 6.45) is 0. The molecule has 0 fully saturated rings. The number of rotatable bonds is 2. The molecule has 106 valence electrons. The third kappa shape index (κ3) is 3.51. The van der Waals surface area contributed by atoms with Gasteiger partial charge >= 0.3 is 0 Å². The van der Waals surface area contributed by atoms with E-state index < -0.39 is 0 Å². The SMILES string of the molecule is C/C(=N\SC(C)(C)C)c1cc2cc(C)ccc2[nH]c1=O. The van der Waals surface area contributed by atoms with Crippen molar-refractivity contribution in [2.24, 2.45) is 4.40 Å². The monoisotopic (exact) mass is 288 g/mol. The number of hydrogen-bond donors (Lipinski definition) is 1. The molecule has 0 bridgehead atoms. The fourth-order valence-corrected chi connectivity index (χ4v) is 2.36. The molecule has 0 aliphatic carbocycles. The van der Waals surface area contributed by atoms with E-state index in [0.29, 0.717) is 5.56 Å². The van der Waals surface area contributed by atoms with E-state index in [1.165, 1.54) is 17.5 Å². The van der Waals surface area contributed by atoms with Crippen LogP contribution in [-0.4, -0.2) is 15.4 Å². The Morgan fingerprint density at radius 1 is 1.25 bits per heavy atom. The Hall–Kier alpha value is -1.55. The lowest BCUT2D eigenvalue weighted by Crippen LogP contribution is -2.16. The standard InChI is InChI=1S/C16H20N2OS/c1-10-6-7-14-12(8-10)9-13(15(19)17-14)11(2)18-20-16(3,4)5/h6-9H,1-5H3,(H,17,19)/b18-11+. The molecular weight excluding hydrogens is 268 g/mol. The molecule has 0 spiro atoms. The molecule has 0 saturated carbocycles. The van der Waals surface area contributed by atoms with E-state index in [1.54, 1.807) is 0 Å². The summed E-state index contributed by atoms with van der Waals surface area (Å²) in [6, 6.07) is 7.92. The van der Waals surface area contributed by atoms with Gasteiger partial charge in [0.05, 0.1) is 11.3 Å². The number of hydrogen-bond acceptors (Lipinski definition) is 3. The lowest BCUT2D eigenvalue weighted by atomic mass is 10.1. The highest BCUT2D eigenvalue weighted by molar-refractivity contribution is 7.99. The van der Waals surface area contributed by atoms with E-state index in [-0.39, 0.29) is 10.3 Å². The van der Waals surface area contributed by atoms with Crippen LogP contribution in [0.1, 0.15) is 38.8 Å². The number of H-pyrrole nitrogens is 1. The minimum atomic E-state index is -0.0860. The zero-order valence-corrected chi connectivity index (χ0v) is 13.4. The molecule has 0 atom stereocenters. The van der Waals surface area contributed by atoms with E-state index >= 15 is 0 Å². The van der Waals surface area contributed by atoms with Gasteiger partial charge in [0.1, 0.15) is 0 Å². The zero-order valence-electron chi connectivity index (χ0n) is 12.6. The molecular formula is C16H20N2OS. The number of aryl methyl sites for hydroxylation is 1. The third-order valence-electron chi connectivity index (χ3n) is 2.85. The molecule has 20 heavy (non-hydrogen) atoms. The van der Waals surface area contributed by atoms with Crippen LogP contribution in [0.4, 0.5) is 0 Å². The minimum absolute atomic E-state index is 0.0431. The average molecular weight is 288 g/mol. The molecule has 1 aromatic carbocycles. The van der Waals surface area contributed by atoms with Crippen molar-refractivity contribution in [3.05, 3.63) is 45.7 Å². The molecule has 1 N–H and O–H groups in total. The molecule has 3 nitrogen and oxygen atoms in total. The maximum atomic E-state index is 12.1. The number of benzene rings is 1. The van der Waals surface area contributed by atoms with Crippen molar-refractivity contribution in [1.82, 2.24) is 4.98 Å². The quantitative estimate of drug-likeness (QED) is 0.668. The van der Waals surface area contributed by atoms with Gasteiger partial charge in [0, 0.05) is 10.3 Å². The number of nitrogens with one attached hydrogen (secondary N) is 1. The highest BCUT2D eigenvalue weighted by atomic mass is 32.2. The molecule has 0 aliphatic heterocycles. The van der Waals surface area contributed by atoms with Gasteiger partial charge in [0.15, 0.2) is 0 Å². The van der Waals surface area contributed by atoms with Crippen molar-refractivity contribution in [2.45, 2.75) is 39.4 Å². The van der Waals surface area contributed by atoms with Crippen LogP contribution in [0.2, 0.25) is 0 Å². The van der Waals surface area contributed by atoms with Gasteiger partial charge < -0.3 is 4.98 Å². The first-order chi connectivity index (χ1) is 9.26. The fourth-order valence-electron chi connectivity index (χ4n) is 1.85. The number of aromatic amines is 1. The minimum Gasteiger partial charge on any atom is -0.321 e. The third-order valence-corrected chi connectivity index (χ3v) is 3.76. The number of nitrogens with zero attached hydrogens (tertiary/aromatic N) is 1. The Balaban J connectivity index is 2.49. The van der Waals surface area contributed by atoms with E-state index in [9.17, 15) is 4.79 Å². The molecule has 0 aliphatic rings. The van der Waals surface area contributed by atoms with Crippen LogP contribution in [0, 0.1) is 6.92 Å². The van der Waals surface area contributed by atoms with Crippen LogP contribution in [0.25, 0.3) is 10.9 Å². The fraction of sp³-hybridized carbons (Fsp3) is 0.375. The molecule has 0 unspecified atom stereocenters. The summed E-state index contributed by atoms with van der Waals surface area (Å²) >= 11 is 1.49. The first-order valence-corrected chi connectivity index (χ1v) is 7.40. The number of pyridine rings is 1.